The second-order valence-corrected chi connectivity index (χ2v) is 5.39. The summed E-state index contributed by atoms with van der Waals surface area (Å²) in [7, 11) is 0. The van der Waals surface area contributed by atoms with Gasteiger partial charge in [0.1, 0.15) is 0 Å². The van der Waals surface area contributed by atoms with Gasteiger partial charge in [0.05, 0.1) is 4.90 Å². The second-order valence-electron chi connectivity index (χ2n) is 4.54. The van der Waals surface area contributed by atoms with E-state index in [0.717, 1.165) is 0 Å². The zero-order valence-corrected chi connectivity index (χ0v) is 9.85. The van der Waals surface area contributed by atoms with Crippen molar-refractivity contribution in [1.82, 2.24) is 4.57 Å². The van der Waals surface area contributed by atoms with Crippen molar-refractivity contribution in [2.75, 3.05) is 6.26 Å². The van der Waals surface area contributed by atoms with Crippen LogP contribution >= 0.6 is 11.8 Å². The van der Waals surface area contributed by atoms with Crippen molar-refractivity contribution in [3.05, 3.63) is 6.07 Å². The molecule has 0 aromatic carbocycles. The van der Waals surface area contributed by atoms with Gasteiger partial charge in [-0.15, -0.1) is 11.8 Å². The molecule has 1 rings (SSSR count). The van der Waals surface area contributed by atoms with Crippen LogP contribution in [0.2, 0.25) is 0 Å². The van der Waals surface area contributed by atoms with Crippen LogP contribution in [-0.2, 0) is 6.54 Å². The first-order valence-electron chi connectivity index (χ1n) is 4.50. The van der Waals surface area contributed by atoms with Gasteiger partial charge in [0.25, 0.3) is 0 Å². The van der Waals surface area contributed by atoms with Gasteiger partial charge in [0.2, 0.25) is 5.88 Å². The molecule has 0 bridgehead atoms. The van der Waals surface area contributed by atoms with Crippen LogP contribution in [0.3, 0.4) is 0 Å². The Bertz CT molecular complexity index is 326. The fourth-order valence-corrected chi connectivity index (χ4v) is 1.80. The highest BCUT2D eigenvalue weighted by atomic mass is 32.2. The van der Waals surface area contributed by atoms with Crippen molar-refractivity contribution in [1.29, 1.82) is 0 Å². The number of thioether (sulfide) groups is 1. The van der Waals surface area contributed by atoms with E-state index in [9.17, 15) is 10.2 Å². The van der Waals surface area contributed by atoms with E-state index in [1.807, 2.05) is 6.26 Å². The molecule has 3 nitrogen and oxygen atoms in total. The molecule has 0 atom stereocenters. The number of hydrogen-bond acceptors (Lipinski definition) is 3. The third kappa shape index (κ3) is 2.38. The molecular formula is C10H17NO2S. The first-order chi connectivity index (χ1) is 6.35. The summed E-state index contributed by atoms with van der Waals surface area (Å²) >= 11 is 1.43. The van der Waals surface area contributed by atoms with E-state index in [1.54, 1.807) is 6.07 Å². The first-order valence-corrected chi connectivity index (χ1v) is 5.73. The maximum atomic E-state index is 9.76. The van der Waals surface area contributed by atoms with Gasteiger partial charge >= 0.3 is 0 Å². The van der Waals surface area contributed by atoms with E-state index in [-0.39, 0.29) is 17.2 Å². The standard InChI is InChI=1S/C10H17NO2S/c1-10(2,3)6-11-8(12)5-7(14-4)9(11)13/h5,12-13H,6H2,1-4H3. The van der Waals surface area contributed by atoms with Gasteiger partial charge < -0.3 is 10.2 Å². The third-order valence-corrected chi connectivity index (χ3v) is 2.61. The summed E-state index contributed by atoms with van der Waals surface area (Å²) in [5.41, 5.74) is 0.0314. The van der Waals surface area contributed by atoms with E-state index >= 15 is 0 Å². The maximum absolute atomic E-state index is 9.76. The molecule has 1 aromatic rings. The van der Waals surface area contributed by atoms with Crippen LogP contribution < -0.4 is 0 Å². The largest absolute Gasteiger partial charge is 0.494 e. The number of aromatic hydroxyl groups is 2. The molecule has 14 heavy (non-hydrogen) atoms. The van der Waals surface area contributed by atoms with Crippen molar-refractivity contribution in [2.45, 2.75) is 32.2 Å². The summed E-state index contributed by atoms with van der Waals surface area (Å²) in [6.45, 7) is 6.78. The average Bonchev–Trinajstić information content (AvgIpc) is 2.29. The number of rotatable bonds is 2. The summed E-state index contributed by atoms with van der Waals surface area (Å²) < 4.78 is 1.53. The van der Waals surface area contributed by atoms with Crippen LogP contribution in [0.5, 0.6) is 11.8 Å². The lowest BCUT2D eigenvalue weighted by atomic mass is 9.97. The Kier molecular flexibility index (Phi) is 3.04. The van der Waals surface area contributed by atoms with Crippen molar-refractivity contribution in [3.63, 3.8) is 0 Å². The highest BCUT2D eigenvalue weighted by molar-refractivity contribution is 7.98. The van der Waals surface area contributed by atoms with Gasteiger partial charge in [-0.1, -0.05) is 20.8 Å². The van der Waals surface area contributed by atoms with E-state index in [4.69, 9.17) is 0 Å². The number of hydrogen-bond donors (Lipinski definition) is 2. The monoisotopic (exact) mass is 215 g/mol. The second kappa shape index (κ2) is 3.77. The SMILES string of the molecule is CSc1cc(O)n(CC(C)(C)C)c1O. The lowest BCUT2D eigenvalue weighted by Gasteiger charge is -2.20. The molecule has 1 aromatic heterocycles. The average molecular weight is 215 g/mol. The Morgan fingerprint density at radius 3 is 2.29 bits per heavy atom. The Morgan fingerprint density at radius 1 is 1.36 bits per heavy atom. The van der Waals surface area contributed by atoms with E-state index in [1.165, 1.54) is 16.3 Å². The summed E-state index contributed by atoms with van der Waals surface area (Å²) in [5.74, 6) is 0.284. The fourth-order valence-electron chi connectivity index (χ4n) is 1.28. The minimum Gasteiger partial charge on any atom is -0.494 e. The Morgan fingerprint density at radius 2 is 1.93 bits per heavy atom. The van der Waals surface area contributed by atoms with E-state index < -0.39 is 0 Å². The van der Waals surface area contributed by atoms with Crippen LogP contribution in [-0.4, -0.2) is 21.0 Å². The minimum absolute atomic E-state index is 0.0314. The van der Waals surface area contributed by atoms with Crippen LogP contribution in [0.4, 0.5) is 0 Å². The normalized spacial score (nSPS) is 12.0. The fraction of sp³-hybridized carbons (Fsp3) is 0.600. The van der Waals surface area contributed by atoms with Crippen LogP contribution in [0, 0.1) is 5.41 Å². The minimum atomic E-state index is 0.0314. The third-order valence-electron chi connectivity index (χ3n) is 1.87. The molecule has 80 valence electrons. The van der Waals surface area contributed by atoms with Gasteiger partial charge in [0, 0.05) is 12.6 Å². The van der Waals surface area contributed by atoms with Gasteiger partial charge in [-0.05, 0) is 11.7 Å². The topological polar surface area (TPSA) is 45.4 Å². The molecule has 2 N–H and O–H groups in total. The van der Waals surface area contributed by atoms with Gasteiger partial charge in [-0.25, -0.2) is 0 Å². The highest BCUT2D eigenvalue weighted by Crippen LogP contribution is 2.36. The summed E-state index contributed by atoms with van der Waals surface area (Å²) in [6, 6.07) is 1.59. The first kappa shape index (κ1) is 11.3. The molecule has 0 aliphatic rings. The lowest BCUT2D eigenvalue weighted by molar-refractivity contribution is 0.283. The molecule has 0 saturated carbocycles. The maximum Gasteiger partial charge on any atom is 0.208 e. The lowest BCUT2D eigenvalue weighted by Crippen LogP contribution is -2.14. The van der Waals surface area contributed by atoms with Crippen LogP contribution in [0.1, 0.15) is 20.8 Å². The van der Waals surface area contributed by atoms with Crippen molar-refractivity contribution in [3.8, 4) is 11.8 Å². The zero-order valence-electron chi connectivity index (χ0n) is 9.03. The Hall–Kier alpha value is -0.770. The highest BCUT2D eigenvalue weighted by Gasteiger charge is 2.18. The molecular weight excluding hydrogens is 198 g/mol. The summed E-state index contributed by atoms with van der Waals surface area (Å²) in [4.78, 5) is 0.715. The van der Waals surface area contributed by atoms with Crippen LogP contribution in [0.15, 0.2) is 11.0 Å². The molecule has 0 spiro atoms. The van der Waals surface area contributed by atoms with Gasteiger partial charge in [-0.2, -0.15) is 0 Å². The predicted octanol–water partition coefficient (Wildman–Crippen LogP) is 2.67. The smallest absolute Gasteiger partial charge is 0.208 e. The molecule has 1 heterocycles. The van der Waals surface area contributed by atoms with Crippen molar-refractivity contribution < 1.29 is 10.2 Å². The van der Waals surface area contributed by atoms with Crippen LogP contribution in [0.25, 0.3) is 0 Å². The molecule has 0 radical (unpaired) electrons. The van der Waals surface area contributed by atoms with E-state index in [2.05, 4.69) is 20.8 Å². The molecule has 0 unspecified atom stereocenters. The summed E-state index contributed by atoms with van der Waals surface area (Å²) in [6.07, 6.45) is 1.87. The molecule has 0 saturated heterocycles. The number of nitrogens with zero attached hydrogens (tertiary/aromatic N) is 1. The Balaban J connectivity index is 3.03. The van der Waals surface area contributed by atoms with E-state index in [0.29, 0.717) is 11.4 Å². The van der Waals surface area contributed by atoms with Crippen molar-refractivity contribution >= 4 is 11.8 Å². The molecule has 0 aliphatic heterocycles. The summed E-state index contributed by atoms with van der Waals surface area (Å²) in [5, 5.41) is 19.4. The Labute approximate surface area is 88.8 Å². The van der Waals surface area contributed by atoms with Gasteiger partial charge in [-0.3, -0.25) is 4.57 Å². The van der Waals surface area contributed by atoms with Gasteiger partial charge in [0.15, 0.2) is 5.88 Å². The quantitative estimate of drug-likeness (QED) is 0.745. The van der Waals surface area contributed by atoms with Crippen molar-refractivity contribution in [2.24, 2.45) is 5.41 Å². The number of aromatic nitrogens is 1. The molecule has 4 heteroatoms. The molecule has 0 fully saturated rings. The molecule has 0 amide bonds. The zero-order chi connectivity index (χ0) is 10.9. The predicted molar refractivity (Wildman–Crippen MR) is 59.0 cm³/mol. The molecule has 0 aliphatic carbocycles.